The van der Waals surface area contributed by atoms with E-state index in [0.29, 0.717) is 18.6 Å². The monoisotopic (exact) mass is 416 g/mol. The van der Waals surface area contributed by atoms with Crippen LogP contribution in [0.4, 0.5) is 0 Å². The number of benzene rings is 1. The fourth-order valence-electron chi connectivity index (χ4n) is 3.52. The molecule has 0 radical (unpaired) electrons. The zero-order chi connectivity index (χ0) is 22.9. The summed E-state index contributed by atoms with van der Waals surface area (Å²) in [7, 11) is 1.65. The van der Waals surface area contributed by atoms with Gasteiger partial charge in [0, 0.05) is 30.0 Å². The molecule has 0 spiro atoms. The van der Waals surface area contributed by atoms with Crippen molar-refractivity contribution < 1.29 is 19.1 Å². The van der Waals surface area contributed by atoms with E-state index >= 15 is 0 Å². The van der Waals surface area contributed by atoms with Crippen LogP contribution in [0.25, 0.3) is 0 Å². The molecular weight excluding hydrogens is 380 g/mol. The third kappa shape index (κ3) is 6.71. The first-order valence-corrected chi connectivity index (χ1v) is 10.5. The lowest BCUT2D eigenvalue weighted by Crippen LogP contribution is -2.46. The van der Waals surface area contributed by atoms with Gasteiger partial charge in [0.15, 0.2) is 0 Å². The highest BCUT2D eigenvalue weighted by Crippen LogP contribution is 2.33. The summed E-state index contributed by atoms with van der Waals surface area (Å²) in [6, 6.07) is 9.63. The maximum absolute atomic E-state index is 12.9. The number of likely N-dealkylation sites (N-methyl/N-ethyl adjacent to an activating group) is 1. The van der Waals surface area contributed by atoms with E-state index < -0.39 is 5.97 Å². The zero-order valence-corrected chi connectivity index (χ0v) is 19.3. The summed E-state index contributed by atoms with van der Waals surface area (Å²) >= 11 is 0. The molecule has 30 heavy (non-hydrogen) atoms. The Hall–Kier alpha value is -2.63. The maximum atomic E-state index is 12.9. The van der Waals surface area contributed by atoms with Crippen LogP contribution in [-0.4, -0.2) is 48.9 Å². The lowest BCUT2D eigenvalue weighted by Gasteiger charge is -2.33. The van der Waals surface area contributed by atoms with Crippen LogP contribution in [0.1, 0.15) is 53.5 Å². The number of carbonyl (C=O) groups excluding carboxylic acids is 3. The van der Waals surface area contributed by atoms with Gasteiger partial charge in [0.05, 0.1) is 13.2 Å². The van der Waals surface area contributed by atoms with Gasteiger partial charge in [-0.15, -0.1) is 0 Å². The lowest BCUT2D eigenvalue weighted by molar-refractivity contribution is -0.138. The SMILES string of the molecule is CCOC(=O)/C(C)=C/[C@H](C)N(C)C(=O)CNC(=O)[C@@H](CC)C(C)(C)c1ccccc1. The van der Waals surface area contributed by atoms with Gasteiger partial charge >= 0.3 is 5.97 Å². The van der Waals surface area contributed by atoms with Crippen molar-refractivity contribution in [2.24, 2.45) is 5.92 Å². The van der Waals surface area contributed by atoms with Crippen molar-refractivity contribution in [3.63, 3.8) is 0 Å². The van der Waals surface area contributed by atoms with E-state index in [4.69, 9.17) is 4.74 Å². The molecule has 166 valence electrons. The molecule has 0 heterocycles. The minimum absolute atomic E-state index is 0.0899. The largest absolute Gasteiger partial charge is 0.463 e. The molecule has 0 saturated heterocycles. The van der Waals surface area contributed by atoms with Crippen LogP contribution >= 0.6 is 0 Å². The second-order valence-electron chi connectivity index (χ2n) is 8.08. The van der Waals surface area contributed by atoms with Crippen LogP contribution in [0.3, 0.4) is 0 Å². The van der Waals surface area contributed by atoms with Crippen molar-refractivity contribution >= 4 is 17.8 Å². The number of rotatable bonds is 10. The summed E-state index contributed by atoms with van der Waals surface area (Å²) in [6.45, 7) is 11.5. The van der Waals surface area contributed by atoms with E-state index in [1.807, 2.05) is 44.2 Å². The first kappa shape index (κ1) is 25.4. The Balaban J connectivity index is 2.75. The number of hydrogen-bond acceptors (Lipinski definition) is 4. The standard InChI is InChI=1S/C24H36N2O4/c1-8-20(24(5,6)19-13-11-10-12-14-19)22(28)25-16-21(27)26(7)18(4)15-17(3)23(29)30-9-2/h10-15,18,20H,8-9,16H2,1-7H3,(H,25,28)/b17-15+/t18-,20+/m0/s1. The summed E-state index contributed by atoms with van der Waals surface area (Å²) in [6.07, 6.45) is 2.35. The minimum Gasteiger partial charge on any atom is -0.463 e. The van der Waals surface area contributed by atoms with Crippen molar-refractivity contribution in [3.05, 3.63) is 47.5 Å². The Labute approximate surface area is 180 Å². The van der Waals surface area contributed by atoms with Gasteiger partial charge in [-0.3, -0.25) is 9.59 Å². The second-order valence-corrected chi connectivity index (χ2v) is 8.08. The van der Waals surface area contributed by atoms with Gasteiger partial charge < -0.3 is 15.0 Å². The molecule has 2 atom stereocenters. The van der Waals surface area contributed by atoms with Crippen LogP contribution in [0.2, 0.25) is 0 Å². The van der Waals surface area contributed by atoms with Crippen molar-refractivity contribution in [3.8, 4) is 0 Å². The Bertz CT molecular complexity index is 756. The zero-order valence-electron chi connectivity index (χ0n) is 19.3. The van der Waals surface area contributed by atoms with E-state index in [9.17, 15) is 14.4 Å². The normalized spacial score (nSPS) is 13.9. The molecule has 0 bridgehead atoms. The van der Waals surface area contributed by atoms with Crippen LogP contribution < -0.4 is 5.32 Å². The van der Waals surface area contributed by atoms with E-state index in [0.717, 1.165) is 5.56 Å². The van der Waals surface area contributed by atoms with Crippen LogP contribution in [0, 0.1) is 5.92 Å². The van der Waals surface area contributed by atoms with Gasteiger partial charge in [0.2, 0.25) is 11.8 Å². The predicted octanol–water partition coefficient (Wildman–Crippen LogP) is 3.46. The van der Waals surface area contributed by atoms with Crippen LogP contribution in [0.5, 0.6) is 0 Å². The number of esters is 1. The molecule has 6 heteroatoms. The summed E-state index contributed by atoms with van der Waals surface area (Å²) in [5, 5.41) is 2.80. The Morgan fingerprint density at radius 3 is 2.30 bits per heavy atom. The smallest absolute Gasteiger partial charge is 0.333 e. The van der Waals surface area contributed by atoms with E-state index in [-0.39, 0.29) is 35.7 Å². The number of carbonyl (C=O) groups is 3. The molecule has 2 amide bonds. The van der Waals surface area contributed by atoms with Crippen molar-refractivity contribution in [2.45, 2.75) is 59.4 Å². The summed E-state index contributed by atoms with van der Waals surface area (Å²) < 4.78 is 4.96. The van der Waals surface area contributed by atoms with Gasteiger partial charge in [0.1, 0.15) is 0 Å². The summed E-state index contributed by atoms with van der Waals surface area (Å²) in [5.41, 5.74) is 1.18. The Morgan fingerprint density at radius 2 is 1.77 bits per heavy atom. The highest BCUT2D eigenvalue weighted by molar-refractivity contribution is 5.88. The first-order chi connectivity index (χ1) is 14.1. The van der Waals surface area contributed by atoms with Gasteiger partial charge in [-0.05, 0) is 32.8 Å². The molecule has 1 N–H and O–H groups in total. The molecule has 0 aromatic heterocycles. The number of nitrogens with one attached hydrogen (secondary N) is 1. The molecule has 0 saturated carbocycles. The summed E-state index contributed by atoms with van der Waals surface area (Å²) in [4.78, 5) is 38.7. The number of ether oxygens (including phenoxy) is 1. The van der Waals surface area contributed by atoms with Gasteiger partial charge in [-0.25, -0.2) is 4.79 Å². The fourth-order valence-corrected chi connectivity index (χ4v) is 3.52. The van der Waals surface area contributed by atoms with Crippen molar-refractivity contribution in [1.29, 1.82) is 0 Å². The molecule has 0 unspecified atom stereocenters. The van der Waals surface area contributed by atoms with Crippen LogP contribution in [-0.2, 0) is 24.5 Å². The van der Waals surface area contributed by atoms with Crippen molar-refractivity contribution in [1.82, 2.24) is 10.2 Å². The molecule has 0 fully saturated rings. The topological polar surface area (TPSA) is 75.7 Å². The third-order valence-corrected chi connectivity index (χ3v) is 5.62. The number of amides is 2. The molecule has 1 aromatic carbocycles. The average molecular weight is 417 g/mol. The minimum atomic E-state index is -0.396. The molecular formula is C24H36N2O4. The van der Waals surface area contributed by atoms with E-state index in [2.05, 4.69) is 19.2 Å². The quantitative estimate of drug-likeness (QED) is 0.468. The van der Waals surface area contributed by atoms with Crippen molar-refractivity contribution in [2.75, 3.05) is 20.2 Å². The molecule has 6 nitrogen and oxygen atoms in total. The average Bonchev–Trinajstić information content (AvgIpc) is 2.72. The molecule has 1 rings (SSSR count). The van der Waals surface area contributed by atoms with Crippen LogP contribution in [0.15, 0.2) is 42.0 Å². The summed E-state index contributed by atoms with van der Waals surface area (Å²) in [5.74, 6) is -1.02. The fraction of sp³-hybridized carbons (Fsp3) is 0.542. The number of nitrogens with zero attached hydrogens (tertiary/aromatic N) is 1. The molecule has 0 aliphatic carbocycles. The molecule has 1 aromatic rings. The predicted molar refractivity (Wildman–Crippen MR) is 119 cm³/mol. The van der Waals surface area contributed by atoms with Gasteiger partial charge in [-0.1, -0.05) is 57.2 Å². The highest BCUT2D eigenvalue weighted by Gasteiger charge is 2.35. The Kier molecular flexibility index (Phi) is 9.76. The van der Waals surface area contributed by atoms with E-state index in [1.54, 1.807) is 27.0 Å². The Morgan fingerprint density at radius 1 is 1.17 bits per heavy atom. The maximum Gasteiger partial charge on any atom is 0.333 e. The number of hydrogen-bond donors (Lipinski definition) is 1. The first-order valence-electron chi connectivity index (χ1n) is 10.5. The van der Waals surface area contributed by atoms with E-state index in [1.165, 1.54) is 4.90 Å². The van der Waals surface area contributed by atoms with Gasteiger partial charge in [0.25, 0.3) is 0 Å². The third-order valence-electron chi connectivity index (χ3n) is 5.62. The highest BCUT2D eigenvalue weighted by atomic mass is 16.5. The molecule has 0 aliphatic heterocycles. The second kappa shape index (κ2) is 11.5. The van der Waals surface area contributed by atoms with Gasteiger partial charge in [-0.2, -0.15) is 0 Å². The lowest BCUT2D eigenvalue weighted by atomic mass is 9.71. The molecule has 0 aliphatic rings.